The highest BCUT2D eigenvalue weighted by molar-refractivity contribution is 5.95. The second-order valence-corrected chi connectivity index (χ2v) is 10.1. The van der Waals surface area contributed by atoms with E-state index in [1.807, 2.05) is 4.90 Å². The Kier molecular flexibility index (Phi) is 9.51. The zero-order valence-electron chi connectivity index (χ0n) is 21.4. The minimum atomic E-state index is -0.642. The van der Waals surface area contributed by atoms with Crippen molar-refractivity contribution in [1.82, 2.24) is 15.1 Å². The van der Waals surface area contributed by atoms with E-state index in [0.717, 1.165) is 25.7 Å². The molecule has 3 N–H and O–H groups in total. The summed E-state index contributed by atoms with van der Waals surface area (Å²) in [5.74, 6) is 0.364. The van der Waals surface area contributed by atoms with Crippen LogP contribution in [0.4, 0.5) is 0 Å². The van der Waals surface area contributed by atoms with Gasteiger partial charge in [0.1, 0.15) is 18.4 Å². The topological polar surface area (TPSA) is 114 Å². The van der Waals surface area contributed by atoms with Crippen LogP contribution in [-0.2, 0) is 14.3 Å². The molecule has 194 valence electrons. The monoisotopic (exact) mass is 488 g/mol. The van der Waals surface area contributed by atoms with Crippen LogP contribution in [0.5, 0.6) is 5.75 Å². The lowest BCUT2D eigenvalue weighted by Crippen LogP contribution is -2.50. The Bertz CT molecular complexity index is 867. The Hall–Kier alpha value is -2.65. The largest absolute Gasteiger partial charge is 0.497 e. The number of methoxy groups -OCH3 is 2. The number of likely N-dealkylation sites (tertiary alicyclic amines) is 1. The van der Waals surface area contributed by atoms with Gasteiger partial charge in [0, 0.05) is 37.8 Å². The number of hydrogen-bond donors (Lipinski definition) is 2. The molecule has 0 aromatic heterocycles. The fourth-order valence-corrected chi connectivity index (χ4v) is 5.02. The van der Waals surface area contributed by atoms with Gasteiger partial charge >= 0.3 is 0 Å². The number of carbonyl (C=O) groups is 3. The van der Waals surface area contributed by atoms with Crippen molar-refractivity contribution >= 4 is 17.7 Å². The van der Waals surface area contributed by atoms with E-state index in [2.05, 4.69) is 19.2 Å². The molecule has 2 unspecified atom stereocenters. The van der Waals surface area contributed by atoms with Crippen LogP contribution in [-0.4, -0.2) is 85.6 Å². The van der Waals surface area contributed by atoms with Gasteiger partial charge in [-0.15, -0.1) is 0 Å². The number of ether oxygens (including phenoxy) is 2. The Labute approximate surface area is 208 Å². The van der Waals surface area contributed by atoms with E-state index in [-0.39, 0.29) is 48.4 Å². The van der Waals surface area contributed by atoms with E-state index in [1.165, 1.54) is 7.11 Å². The summed E-state index contributed by atoms with van der Waals surface area (Å²) >= 11 is 0. The van der Waals surface area contributed by atoms with Crippen LogP contribution in [0.15, 0.2) is 24.3 Å². The van der Waals surface area contributed by atoms with Crippen LogP contribution in [0.3, 0.4) is 0 Å². The van der Waals surface area contributed by atoms with Crippen molar-refractivity contribution in [1.29, 1.82) is 0 Å². The lowest BCUT2D eigenvalue weighted by Gasteiger charge is -2.31. The third kappa shape index (κ3) is 6.95. The van der Waals surface area contributed by atoms with E-state index in [4.69, 9.17) is 15.2 Å². The van der Waals surface area contributed by atoms with Gasteiger partial charge in [-0.25, -0.2) is 0 Å². The second-order valence-electron chi connectivity index (χ2n) is 10.1. The average Bonchev–Trinajstić information content (AvgIpc) is 3.29. The lowest BCUT2D eigenvalue weighted by molar-refractivity contribution is -0.141. The summed E-state index contributed by atoms with van der Waals surface area (Å²) in [6.45, 7) is 4.82. The summed E-state index contributed by atoms with van der Waals surface area (Å²) in [4.78, 5) is 43.1. The van der Waals surface area contributed by atoms with Crippen molar-refractivity contribution < 1.29 is 23.9 Å². The zero-order chi connectivity index (χ0) is 25.5. The smallest absolute Gasteiger partial charge is 0.254 e. The predicted molar refractivity (Wildman–Crippen MR) is 133 cm³/mol. The molecule has 0 bridgehead atoms. The fourth-order valence-electron chi connectivity index (χ4n) is 5.02. The Morgan fingerprint density at radius 2 is 1.77 bits per heavy atom. The molecule has 1 saturated heterocycles. The van der Waals surface area contributed by atoms with E-state index in [9.17, 15) is 14.4 Å². The summed E-state index contributed by atoms with van der Waals surface area (Å²) in [6, 6.07) is 6.34. The summed E-state index contributed by atoms with van der Waals surface area (Å²) in [5.41, 5.74) is 6.55. The first-order valence-electron chi connectivity index (χ1n) is 12.5. The Morgan fingerprint density at radius 1 is 1.11 bits per heavy atom. The van der Waals surface area contributed by atoms with Crippen LogP contribution in [0.25, 0.3) is 0 Å². The molecule has 35 heavy (non-hydrogen) atoms. The molecule has 1 aliphatic carbocycles. The van der Waals surface area contributed by atoms with Crippen molar-refractivity contribution in [2.45, 2.75) is 70.1 Å². The first kappa shape index (κ1) is 26.9. The summed E-state index contributed by atoms with van der Waals surface area (Å²) in [5, 5.41) is 3.14. The van der Waals surface area contributed by atoms with Gasteiger partial charge < -0.3 is 30.3 Å². The van der Waals surface area contributed by atoms with Crippen LogP contribution < -0.4 is 15.8 Å². The van der Waals surface area contributed by atoms with Crippen LogP contribution >= 0.6 is 0 Å². The number of nitrogens with two attached hydrogens (primary N) is 1. The van der Waals surface area contributed by atoms with Gasteiger partial charge in [-0.3, -0.25) is 14.4 Å². The van der Waals surface area contributed by atoms with Gasteiger partial charge in [-0.2, -0.15) is 0 Å². The molecule has 1 heterocycles. The zero-order valence-corrected chi connectivity index (χ0v) is 21.4. The number of nitrogens with one attached hydrogen (secondary N) is 1. The lowest BCUT2D eigenvalue weighted by atomic mass is 9.91. The van der Waals surface area contributed by atoms with Gasteiger partial charge in [-0.1, -0.05) is 13.8 Å². The minimum Gasteiger partial charge on any atom is -0.497 e. The molecule has 2 atom stereocenters. The molecule has 2 aliphatic rings. The molecule has 9 nitrogen and oxygen atoms in total. The molecule has 0 radical (unpaired) electrons. The maximum absolute atomic E-state index is 13.5. The highest BCUT2D eigenvalue weighted by Gasteiger charge is 2.43. The Balaban J connectivity index is 1.80. The standard InChI is InChI=1S/C26H40N4O5/c1-17(2)14-29(26(33)18-5-11-22(35-4)12-6-18)21-13-23(30(15-21)24(31)16-34-3)25(32)28-20-9-7-19(27)8-10-20/h5-6,11-12,17,19-21,23H,7-10,13-16,27H2,1-4H3,(H,28,32). The number of carbonyl (C=O) groups excluding carboxylic acids is 3. The molecule has 0 spiro atoms. The van der Waals surface area contributed by atoms with Gasteiger partial charge in [0.2, 0.25) is 11.8 Å². The van der Waals surface area contributed by atoms with Crippen LogP contribution in [0, 0.1) is 5.92 Å². The summed E-state index contributed by atoms with van der Waals surface area (Å²) in [6.07, 6.45) is 3.82. The van der Waals surface area contributed by atoms with Crippen molar-refractivity contribution in [3.05, 3.63) is 29.8 Å². The van der Waals surface area contributed by atoms with Crippen molar-refractivity contribution in [3.8, 4) is 5.75 Å². The fraction of sp³-hybridized carbons (Fsp3) is 0.654. The van der Waals surface area contributed by atoms with Gasteiger partial charge in [0.05, 0.1) is 13.2 Å². The van der Waals surface area contributed by atoms with E-state index in [1.54, 1.807) is 36.3 Å². The molecular formula is C26H40N4O5. The number of benzene rings is 1. The van der Waals surface area contributed by atoms with E-state index in [0.29, 0.717) is 30.8 Å². The third-order valence-electron chi connectivity index (χ3n) is 6.89. The summed E-state index contributed by atoms with van der Waals surface area (Å²) in [7, 11) is 3.04. The molecule has 1 aliphatic heterocycles. The number of nitrogens with zero attached hydrogens (tertiary/aromatic N) is 2. The number of hydrogen-bond acceptors (Lipinski definition) is 6. The molecule has 2 fully saturated rings. The number of rotatable bonds is 9. The highest BCUT2D eigenvalue weighted by Crippen LogP contribution is 2.27. The van der Waals surface area contributed by atoms with Gasteiger partial charge in [-0.05, 0) is 62.3 Å². The average molecular weight is 489 g/mol. The van der Waals surface area contributed by atoms with Gasteiger partial charge in [0.15, 0.2) is 0 Å². The molecule has 3 amide bonds. The van der Waals surface area contributed by atoms with Crippen molar-refractivity contribution in [2.75, 3.05) is 33.9 Å². The van der Waals surface area contributed by atoms with E-state index < -0.39 is 6.04 Å². The number of amides is 3. The van der Waals surface area contributed by atoms with E-state index >= 15 is 0 Å². The molecule has 1 aromatic carbocycles. The SMILES string of the molecule is COCC(=O)N1CC(N(CC(C)C)C(=O)c2ccc(OC)cc2)CC1C(=O)NC1CCC(N)CC1. The molecular weight excluding hydrogens is 448 g/mol. The van der Waals surface area contributed by atoms with Crippen molar-refractivity contribution in [2.24, 2.45) is 11.7 Å². The second kappa shape index (κ2) is 12.4. The molecule has 1 saturated carbocycles. The Morgan fingerprint density at radius 3 is 2.34 bits per heavy atom. The maximum atomic E-state index is 13.5. The molecule has 9 heteroatoms. The minimum absolute atomic E-state index is 0.0634. The molecule has 1 aromatic rings. The highest BCUT2D eigenvalue weighted by atomic mass is 16.5. The third-order valence-corrected chi connectivity index (χ3v) is 6.89. The first-order chi connectivity index (χ1) is 16.7. The quantitative estimate of drug-likeness (QED) is 0.548. The van der Waals surface area contributed by atoms with Crippen LogP contribution in [0.2, 0.25) is 0 Å². The first-order valence-corrected chi connectivity index (χ1v) is 12.5. The molecule has 3 rings (SSSR count). The van der Waals surface area contributed by atoms with Crippen molar-refractivity contribution in [3.63, 3.8) is 0 Å². The van der Waals surface area contributed by atoms with Gasteiger partial charge in [0.25, 0.3) is 5.91 Å². The summed E-state index contributed by atoms with van der Waals surface area (Å²) < 4.78 is 10.3. The predicted octanol–water partition coefficient (Wildman–Crippen LogP) is 1.80. The van der Waals surface area contributed by atoms with Crippen LogP contribution in [0.1, 0.15) is 56.3 Å². The normalized spacial score (nSPS) is 24.3. The maximum Gasteiger partial charge on any atom is 0.254 e.